The first-order valence-corrected chi connectivity index (χ1v) is 10.8. The SMILES string of the molecule is CN(C)/C=C1/S/C(=N/S(=O)(=O)c2ccc(Cl)s2)N(c2ccccc2)C1=O. The van der Waals surface area contributed by atoms with Gasteiger partial charge in [-0.1, -0.05) is 29.8 Å². The summed E-state index contributed by atoms with van der Waals surface area (Å²) in [5, 5.41) is 0.0822. The third-order valence-corrected chi connectivity index (χ3v) is 7.23. The molecule has 0 unspecified atom stereocenters. The molecular formula is C16H14ClN3O3S3. The first kappa shape index (κ1) is 19.0. The van der Waals surface area contributed by atoms with Crippen LogP contribution in [0.2, 0.25) is 4.34 Å². The molecule has 136 valence electrons. The van der Waals surface area contributed by atoms with Crippen LogP contribution in [0.1, 0.15) is 0 Å². The van der Waals surface area contributed by atoms with Gasteiger partial charge in [-0.3, -0.25) is 9.69 Å². The van der Waals surface area contributed by atoms with E-state index in [0.29, 0.717) is 14.9 Å². The van der Waals surface area contributed by atoms with Crippen molar-refractivity contribution in [3.05, 3.63) is 57.9 Å². The second-order valence-corrected chi connectivity index (χ2v) is 10.00. The fourth-order valence-electron chi connectivity index (χ4n) is 2.15. The lowest BCUT2D eigenvalue weighted by Crippen LogP contribution is -2.29. The standard InChI is InChI=1S/C16H14ClN3O3S3/c1-19(2)10-12-15(21)20(11-6-4-3-5-7-11)16(24-12)18-26(22,23)14-9-8-13(17)25-14/h3-10H,1-2H3/b12-10+,18-16+. The van der Waals surface area contributed by atoms with E-state index >= 15 is 0 Å². The fourth-order valence-corrected chi connectivity index (χ4v) is 5.84. The number of anilines is 1. The van der Waals surface area contributed by atoms with Crippen LogP contribution in [0.4, 0.5) is 5.69 Å². The normalized spacial score (nSPS) is 18.1. The predicted octanol–water partition coefficient (Wildman–Crippen LogP) is 3.63. The van der Waals surface area contributed by atoms with E-state index in [9.17, 15) is 13.2 Å². The topological polar surface area (TPSA) is 70.1 Å². The highest BCUT2D eigenvalue weighted by atomic mass is 35.5. The number of sulfonamides is 1. The van der Waals surface area contributed by atoms with Crippen LogP contribution in [-0.2, 0) is 14.8 Å². The summed E-state index contributed by atoms with van der Waals surface area (Å²) >= 11 is 7.77. The molecule has 1 aromatic carbocycles. The van der Waals surface area contributed by atoms with Gasteiger partial charge in [0.05, 0.1) is 14.9 Å². The second-order valence-electron chi connectivity index (χ2n) is 5.44. The Balaban J connectivity index is 2.09. The number of benzene rings is 1. The van der Waals surface area contributed by atoms with E-state index in [1.165, 1.54) is 17.0 Å². The molecule has 10 heteroatoms. The Kier molecular flexibility index (Phi) is 5.42. The molecule has 0 saturated carbocycles. The van der Waals surface area contributed by atoms with E-state index in [1.807, 2.05) is 6.07 Å². The average Bonchev–Trinajstić information content (AvgIpc) is 3.12. The number of thioether (sulfide) groups is 1. The summed E-state index contributed by atoms with van der Waals surface area (Å²) in [6, 6.07) is 11.7. The summed E-state index contributed by atoms with van der Waals surface area (Å²) in [4.78, 5) is 16.2. The monoisotopic (exact) mass is 427 g/mol. The Labute approximate surface area is 164 Å². The average molecular weight is 428 g/mol. The molecule has 0 atom stereocenters. The first-order chi connectivity index (χ1) is 12.3. The zero-order valence-corrected chi connectivity index (χ0v) is 17.0. The summed E-state index contributed by atoms with van der Waals surface area (Å²) in [6.07, 6.45) is 1.64. The lowest BCUT2D eigenvalue weighted by atomic mass is 10.3. The number of carbonyl (C=O) groups excluding carboxylic acids is 1. The van der Waals surface area contributed by atoms with Crippen molar-refractivity contribution in [3.63, 3.8) is 0 Å². The maximum atomic E-state index is 12.8. The van der Waals surface area contributed by atoms with Gasteiger partial charge in [-0.05, 0) is 36.0 Å². The molecule has 0 spiro atoms. The minimum absolute atomic E-state index is 0.0288. The minimum atomic E-state index is -3.97. The van der Waals surface area contributed by atoms with Gasteiger partial charge < -0.3 is 4.90 Å². The summed E-state index contributed by atoms with van der Waals surface area (Å²) in [5.74, 6) is -0.326. The number of amides is 1. The number of para-hydroxylation sites is 1. The fraction of sp³-hybridized carbons (Fsp3) is 0.125. The van der Waals surface area contributed by atoms with Crippen molar-refractivity contribution in [3.8, 4) is 0 Å². The maximum absolute atomic E-state index is 12.8. The molecule has 1 aromatic heterocycles. The molecule has 6 nitrogen and oxygen atoms in total. The van der Waals surface area contributed by atoms with Crippen LogP contribution in [-0.4, -0.2) is 38.5 Å². The predicted molar refractivity (Wildman–Crippen MR) is 107 cm³/mol. The van der Waals surface area contributed by atoms with Gasteiger partial charge in [0.1, 0.15) is 4.21 Å². The third-order valence-electron chi connectivity index (χ3n) is 3.20. The molecule has 0 bridgehead atoms. The number of thiophene rings is 1. The van der Waals surface area contributed by atoms with Gasteiger partial charge in [-0.25, -0.2) is 0 Å². The van der Waals surface area contributed by atoms with Gasteiger partial charge in [0, 0.05) is 20.3 Å². The number of hydrogen-bond donors (Lipinski definition) is 0. The highest BCUT2D eigenvalue weighted by Gasteiger charge is 2.36. The van der Waals surface area contributed by atoms with Crippen molar-refractivity contribution >= 4 is 61.5 Å². The van der Waals surface area contributed by atoms with Crippen molar-refractivity contribution in [2.24, 2.45) is 4.40 Å². The van der Waals surface area contributed by atoms with E-state index in [-0.39, 0.29) is 15.3 Å². The number of carbonyl (C=O) groups is 1. The Hall–Kier alpha value is -1.81. The van der Waals surface area contributed by atoms with E-state index in [1.54, 1.807) is 49.5 Å². The molecule has 0 radical (unpaired) electrons. The number of nitrogens with zero attached hydrogens (tertiary/aromatic N) is 3. The second kappa shape index (κ2) is 7.43. The van der Waals surface area contributed by atoms with Crippen LogP contribution in [0.5, 0.6) is 0 Å². The zero-order chi connectivity index (χ0) is 18.9. The maximum Gasteiger partial charge on any atom is 0.294 e. The van der Waals surface area contributed by atoms with Gasteiger partial charge in [-0.15, -0.1) is 15.7 Å². The largest absolute Gasteiger partial charge is 0.382 e. The van der Waals surface area contributed by atoms with Crippen LogP contribution in [0, 0.1) is 0 Å². The molecule has 2 aromatic rings. The lowest BCUT2D eigenvalue weighted by Gasteiger charge is -2.15. The van der Waals surface area contributed by atoms with E-state index < -0.39 is 10.0 Å². The Bertz CT molecular complexity index is 998. The molecular weight excluding hydrogens is 414 g/mol. The number of rotatable bonds is 4. The highest BCUT2D eigenvalue weighted by Crippen LogP contribution is 2.36. The Morgan fingerprint density at radius 2 is 1.85 bits per heavy atom. The quantitative estimate of drug-likeness (QED) is 0.697. The summed E-state index contributed by atoms with van der Waals surface area (Å²) in [5.41, 5.74) is 0.547. The van der Waals surface area contributed by atoms with Crippen molar-refractivity contribution in [1.82, 2.24) is 4.90 Å². The molecule has 1 saturated heterocycles. The van der Waals surface area contributed by atoms with Gasteiger partial charge in [-0.2, -0.15) is 8.42 Å². The molecule has 1 fully saturated rings. The van der Waals surface area contributed by atoms with Gasteiger partial charge >= 0.3 is 0 Å². The highest BCUT2D eigenvalue weighted by molar-refractivity contribution is 8.19. The zero-order valence-electron chi connectivity index (χ0n) is 13.8. The molecule has 1 aliphatic rings. The summed E-state index contributed by atoms with van der Waals surface area (Å²) in [7, 11) is -0.403. The summed E-state index contributed by atoms with van der Waals surface area (Å²) in [6.45, 7) is 0. The van der Waals surface area contributed by atoms with Crippen molar-refractivity contribution in [1.29, 1.82) is 0 Å². The molecule has 26 heavy (non-hydrogen) atoms. The Morgan fingerprint density at radius 3 is 2.42 bits per heavy atom. The molecule has 0 aliphatic carbocycles. The van der Waals surface area contributed by atoms with Gasteiger partial charge in [0.2, 0.25) is 0 Å². The number of amidine groups is 1. The Morgan fingerprint density at radius 1 is 1.15 bits per heavy atom. The molecule has 1 aliphatic heterocycles. The molecule has 2 heterocycles. The van der Waals surface area contributed by atoms with E-state index in [0.717, 1.165) is 23.1 Å². The van der Waals surface area contributed by atoms with Crippen molar-refractivity contribution in [2.45, 2.75) is 4.21 Å². The third kappa shape index (κ3) is 3.96. The van der Waals surface area contributed by atoms with E-state index in [4.69, 9.17) is 11.6 Å². The van der Waals surface area contributed by atoms with Gasteiger partial charge in [0.15, 0.2) is 5.17 Å². The van der Waals surface area contributed by atoms with Gasteiger partial charge in [0.25, 0.3) is 15.9 Å². The van der Waals surface area contributed by atoms with Crippen LogP contribution >= 0.6 is 34.7 Å². The van der Waals surface area contributed by atoms with E-state index in [2.05, 4.69) is 4.40 Å². The molecule has 0 N–H and O–H groups in total. The smallest absolute Gasteiger partial charge is 0.294 e. The first-order valence-electron chi connectivity index (χ1n) is 7.34. The molecule has 1 amide bonds. The summed E-state index contributed by atoms with van der Waals surface area (Å²) < 4.78 is 29.5. The number of halogens is 1. The molecule has 3 rings (SSSR count). The van der Waals surface area contributed by atoms with Crippen molar-refractivity contribution in [2.75, 3.05) is 19.0 Å². The minimum Gasteiger partial charge on any atom is -0.382 e. The van der Waals surface area contributed by atoms with Crippen LogP contribution < -0.4 is 4.90 Å². The van der Waals surface area contributed by atoms with Crippen LogP contribution in [0.25, 0.3) is 0 Å². The van der Waals surface area contributed by atoms with Crippen molar-refractivity contribution < 1.29 is 13.2 Å². The van der Waals surface area contributed by atoms with Crippen LogP contribution in [0.15, 0.2) is 62.2 Å². The number of hydrogen-bond acceptors (Lipinski definition) is 6. The lowest BCUT2D eigenvalue weighted by molar-refractivity contribution is -0.113. The van der Waals surface area contributed by atoms with Crippen LogP contribution in [0.3, 0.4) is 0 Å².